The normalized spacial score (nSPS) is 11.0. The molecule has 34 heavy (non-hydrogen) atoms. The van der Waals surface area contributed by atoms with Gasteiger partial charge in [-0.2, -0.15) is 0 Å². The first kappa shape index (κ1) is 34.6. The third kappa shape index (κ3) is 37.7. The van der Waals surface area contributed by atoms with Crippen LogP contribution in [0.15, 0.2) is 24.3 Å². The van der Waals surface area contributed by atoms with Gasteiger partial charge in [0.05, 0.1) is 6.61 Å². The van der Waals surface area contributed by atoms with Crippen LogP contribution in [0.4, 0.5) is 0 Å². The topological polar surface area (TPSA) is 63.6 Å². The lowest BCUT2D eigenvalue weighted by Crippen LogP contribution is -1.99. The van der Waals surface area contributed by atoms with E-state index in [0.717, 1.165) is 32.1 Å². The van der Waals surface area contributed by atoms with Crippen molar-refractivity contribution in [3.8, 4) is 0 Å². The van der Waals surface area contributed by atoms with Crippen LogP contribution in [-0.2, 0) is 14.3 Å². The second-order valence-corrected chi connectivity index (χ2v) is 9.18. The van der Waals surface area contributed by atoms with Gasteiger partial charge in [-0.15, -0.1) is 0 Å². The summed E-state index contributed by atoms with van der Waals surface area (Å²) in [5, 5.41) is 8.46. The van der Waals surface area contributed by atoms with E-state index < -0.39 is 5.97 Å². The van der Waals surface area contributed by atoms with E-state index in [2.05, 4.69) is 38.2 Å². The van der Waals surface area contributed by atoms with Crippen molar-refractivity contribution in [2.24, 2.45) is 0 Å². The SMILES string of the molecule is CCCCCCCC/C=C/CCCCC(=O)O.CCCCCCCC/C=C/CCCOC(C)=O. The van der Waals surface area contributed by atoms with Gasteiger partial charge in [-0.3, -0.25) is 9.59 Å². The summed E-state index contributed by atoms with van der Waals surface area (Å²) in [6.45, 7) is 6.50. The number of carboxylic acids is 1. The fraction of sp³-hybridized carbons (Fsp3) is 0.800. The molecule has 0 amide bonds. The molecule has 0 aliphatic heterocycles. The predicted octanol–water partition coefficient (Wildman–Crippen LogP) is 9.57. The van der Waals surface area contributed by atoms with Crippen LogP contribution in [0.3, 0.4) is 0 Å². The molecule has 4 nitrogen and oxygen atoms in total. The Bertz CT molecular complexity index is 438. The summed E-state index contributed by atoms with van der Waals surface area (Å²) in [6.07, 6.45) is 32.6. The van der Waals surface area contributed by atoms with E-state index in [-0.39, 0.29) is 5.97 Å². The maximum Gasteiger partial charge on any atom is 0.303 e. The Hall–Kier alpha value is -1.58. The number of aliphatic carboxylic acids is 1. The molecule has 0 heterocycles. The van der Waals surface area contributed by atoms with E-state index in [9.17, 15) is 9.59 Å². The maximum absolute atomic E-state index is 10.5. The van der Waals surface area contributed by atoms with Crippen molar-refractivity contribution in [2.75, 3.05) is 6.61 Å². The average Bonchev–Trinajstić information content (AvgIpc) is 2.80. The van der Waals surface area contributed by atoms with Gasteiger partial charge >= 0.3 is 11.9 Å². The van der Waals surface area contributed by atoms with Crippen molar-refractivity contribution in [3.05, 3.63) is 24.3 Å². The van der Waals surface area contributed by atoms with Gasteiger partial charge in [-0.05, 0) is 57.8 Å². The summed E-state index contributed by atoms with van der Waals surface area (Å²) in [5.74, 6) is -0.859. The molecule has 0 aromatic heterocycles. The number of carbonyl (C=O) groups excluding carboxylic acids is 1. The Balaban J connectivity index is 0. The van der Waals surface area contributed by atoms with E-state index in [1.165, 1.54) is 96.8 Å². The number of hydrogen-bond acceptors (Lipinski definition) is 3. The molecule has 0 atom stereocenters. The molecule has 0 spiro atoms. The zero-order chi connectivity index (χ0) is 25.5. The summed E-state index contributed by atoms with van der Waals surface area (Å²) in [6, 6.07) is 0. The highest BCUT2D eigenvalue weighted by Crippen LogP contribution is 2.09. The molecular formula is C30H56O4. The number of rotatable bonds is 23. The molecule has 0 unspecified atom stereocenters. The Morgan fingerprint density at radius 3 is 1.38 bits per heavy atom. The first-order chi connectivity index (χ1) is 16.5. The number of allylic oxidation sites excluding steroid dienone is 4. The van der Waals surface area contributed by atoms with Crippen LogP contribution in [0.1, 0.15) is 149 Å². The number of esters is 1. The zero-order valence-electron chi connectivity index (χ0n) is 22.8. The van der Waals surface area contributed by atoms with Crippen molar-refractivity contribution in [1.29, 1.82) is 0 Å². The second-order valence-electron chi connectivity index (χ2n) is 9.18. The smallest absolute Gasteiger partial charge is 0.303 e. The van der Waals surface area contributed by atoms with Crippen LogP contribution in [0, 0.1) is 0 Å². The molecule has 0 aliphatic carbocycles. The largest absolute Gasteiger partial charge is 0.481 e. The van der Waals surface area contributed by atoms with Crippen molar-refractivity contribution in [2.45, 2.75) is 149 Å². The summed E-state index contributed by atoms with van der Waals surface area (Å²) in [7, 11) is 0. The van der Waals surface area contributed by atoms with Crippen molar-refractivity contribution >= 4 is 11.9 Å². The summed E-state index contributed by atoms with van der Waals surface area (Å²) >= 11 is 0. The molecule has 0 saturated heterocycles. The van der Waals surface area contributed by atoms with Gasteiger partial charge in [0.1, 0.15) is 0 Å². The highest BCUT2D eigenvalue weighted by Gasteiger charge is 1.94. The van der Waals surface area contributed by atoms with E-state index in [1.807, 2.05) is 0 Å². The molecule has 200 valence electrons. The zero-order valence-corrected chi connectivity index (χ0v) is 22.8. The van der Waals surface area contributed by atoms with Gasteiger partial charge in [0.15, 0.2) is 0 Å². The van der Waals surface area contributed by atoms with Gasteiger partial charge in [-0.25, -0.2) is 0 Å². The molecular weight excluding hydrogens is 424 g/mol. The van der Waals surface area contributed by atoms with Crippen molar-refractivity contribution in [3.63, 3.8) is 0 Å². The minimum Gasteiger partial charge on any atom is -0.481 e. The van der Waals surface area contributed by atoms with Crippen LogP contribution in [-0.4, -0.2) is 23.7 Å². The standard InChI is InChI=1S/2C15H28O2/c1-3-4-5-6-7-8-9-10-11-12-13-14-17-15(2)16;1-2-3-4-5-6-7-8-9-10-11-12-13-14-15(16)17/h10-11H,3-9,12-14H2,1-2H3;9-10H,2-8,11-14H2,1H3,(H,16,17)/b11-10+;10-9+. The number of ether oxygens (including phenoxy) is 1. The molecule has 0 saturated carbocycles. The molecule has 0 fully saturated rings. The van der Waals surface area contributed by atoms with E-state index in [1.54, 1.807) is 0 Å². The third-order valence-electron chi connectivity index (χ3n) is 5.61. The molecule has 0 aromatic carbocycles. The quantitative estimate of drug-likeness (QED) is 0.0898. The lowest BCUT2D eigenvalue weighted by molar-refractivity contribution is -0.141. The minimum atomic E-state index is -0.680. The van der Waals surface area contributed by atoms with Crippen molar-refractivity contribution in [1.82, 2.24) is 0 Å². The number of hydrogen-bond donors (Lipinski definition) is 1. The number of carbonyl (C=O) groups is 2. The lowest BCUT2D eigenvalue weighted by Gasteiger charge is -1.99. The summed E-state index contributed by atoms with van der Waals surface area (Å²) < 4.78 is 4.85. The maximum atomic E-state index is 10.5. The molecule has 0 aliphatic rings. The summed E-state index contributed by atoms with van der Waals surface area (Å²) in [4.78, 5) is 20.7. The molecule has 0 bridgehead atoms. The molecule has 1 N–H and O–H groups in total. The van der Waals surface area contributed by atoms with E-state index in [0.29, 0.717) is 13.0 Å². The van der Waals surface area contributed by atoms with E-state index in [4.69, 9.17) is 9.84 Å². The van der Waals surface area contributed by atoms with Gasteiger partial charge < -0.3 is 9.84 Å². The Morgan fingerprint density at radius 2 is 0.971 bits per heavy atom. The molecule has 4 heteroatoms. The third-order valence-corrected chi connectivity index (χ3v) is 5.61. The monoisotopic (exact) mass is 480 g/mol. The molecule has 0 radical (unpaired) electrons. The van der Waals surface area contributed by atoms with Gasteiger partial charge in [0.2, 0.25) is 0 Å². The Labute approximate surface area is 211 Å². The molecule has 0 rings (SSSR count). The fourth-order valence-electron chi connectivity index (χ4n) is 3.51. The van der Waals surface area contributed by atoms with Gasteiger partial charge in [-0.1, -0.05) is 102 Å². The van der Waals surface area contributed by atoms with Gasteiger partial charge in [0.25, 0.3) is 0 Å². The Morgan fingerprint density at radius 1 is 0.588 bits per heavy atom. The lowest BCUT2D eigenvalue weighted by atomic mass is 10.1. The van der Waals surface area contributed by atoms with E-state index >= 15 is 0 Å². The average molecular weight is 481 g/mol. The highest BCUT2D eigenvalue weighted by molar-refractivity contribution is 5.66. The number of carboxylic acid groups (broad SMARTS) is 1. The summed E-state index contributed by atoms with van der Waals surface area (Å²) in [5.41, 5.74) is 0. The van der Waals surface area contributed by atoms with Crippen LogP contribution in [0.2, 0.25) is 0 Å². The van der Waals surface area contributed by atoms with Crippen LogP contribution < -0.4 is 0 Å². The number of unbranched alkanes of at least 4 members (excludes halogenated alkanes) is 15. The fourth-order valence-corrected chi connectivity index (χ4v) is 3.51. The second kappa shape index (κ2) is 31.4. The van der Waals surface area contributed by atoms with Gasteiger partial charge in [0, 0.05) is 13.3 Å². The van der Waals surface area contributed by atoms with Crippen molar-refractivity contribution < 1.29 is 19.4 Å². The predicted molar refractivity (Wildman–Crippen MR) is 146 cm³/mol. The van der Waals surface area contributed by atoms with Crippen LogP contribution >= 0.6 is 0 Å². The molecule has 0 aromatic rings. The minimum absolute atomic E-state index is 0.180. The first-order valence-electron chi connectivity index (χ1n) is 14.2. The first-order valence-corrected chi connectivity index (χ1v) is 14.2. The Kier molecular flexibility index (Phi) is 32.0. The van der Waals surface area contributed by atoms with Crippen LogP contribution in [0.5, 0.6) is 0 Å². The van der Waals surface area contributed by atoms with Crippen LogP contribution in [0.25, 0.3) is 0 Å². The highest BCUT2D eigenvalue weighted by atomic mass is 16.5.